The first kappa shape index (κ1) is 16.5. The third kappa shape index (κ3) is 2.50. The quantitative estimate of drug-likeness (QED) is 0.760. The lowest BCUT2D eigenvalue weighted by Crippen LogP contribution is -2.30. The van der Waals surface area contributed by atoms with Gasteiger partial charge in [-0.05, 0) is 31.5 Å². The highest BCUT2D eigenvalue weighted by Crippen LogP contribution is 2.43. The summed E-state index contributed by atoms with van der Waals surface area (Å²) in [7, 11) is 0. The highest BCUT2D eigenvalue weighted by Gasteiger charge is 2.44. The second-order valence-electron chi connectivity index (χ2n) is 6.27. The van der Waals surface area contributed by atoms with Crippen LogP contribution in [0.15, 0.2) is 59.9 Å². The number of ketones is 1. The van der Waals surface area contributed by atoms with Crippen LogP contribution in [0.1, 0.15) is 24.1 Å². The fourth-order valence-electron chi connectivity index (χ4n) is 3.19. The normalized spacial score (nSPS) is 17.4. The smallest absolute Gasteiger partial charge is 0.296 e. The molecule has 0 radical (unpaired) electrons. The molecule has 130 valence electrons. The number of aryl methyl sites for hydroxylation is 1. The second-order valence-corrected chi connectivity index (χ2v) is 7.28. The van der Waals surface area contributed by atoms with Crippen LogP contribution in [0.5, 0.6) is 0 Å². The number of para-hydroxylation sites is 1. The molecule has 1 aromatic heterocycles. The number of rotatable bonds is 3. The molecule has 4 rings (SSSR count). The minimum absolute atomic E-state index is 0.109. The van der Waals surface area contributed by atoms with Crippen molar-refractivity contribution in [3.63, 3.8) is 0 Å². The van der Waals surface area contributed by atoms with Crippen molar-refractivity contribution in [2.45, 2.75) is 19.9 Å². The maximum Gasteiger partial charge on any atom is 0.296 e. The predicted octanol–water partition coefficient (Wildman–Crippen LogP) is 4.09. The van der Waals surface area contributed by atoms with Gasteiger partial charge in [-0.25, -0.2) is 4.98 Å². The summed E-state index contributed by atoms with van der Waals surface area (Å²) in [5.74, 6) is -1.42. The number of amides is 1. The predicted molar refractivity (Wildman–Crippen MR) is 101 cm³/mol. The molecule has 6 heteroatoms. The Kier molecular flexibility index (Phi) is 3.85. The van der Waals surface area contributed by atoms with Gasteiger partial charge in [0.2, 0.25) is 0 Å². The Hall–Kier alpha value is -2.99. The van der Waals surface area contributed by atoms with E-state index in [1.54, 1.807) is 0 Å². The van der Waals surface area contributed by atoms with Crippen LogP contribution in [0, 0.1) is 6.92 Å². The van der Waals surface area contributed by atoms with Crippen molar-refractivity contribution in [2.24, 2.45) is 0 Å². The number of aliphatic hydroxyl groups is 1. The summed E-state index contributed by atoms with van der Waals surface area (Å²) in [6.45, 7) is 3.33. The lowest BCUT2D eigenvalue weighted by Gasteiger charge is -2.24. The summed E-state index contributed by atoms with van der Waals surface area (Å²) in [6, 6.07) is 14.5. The van der Waals surface area contributed by atoms with Crippen LogP contribution in [0.2, 0.25) is 0 Å². The van der Waals surface area contributed by atoms with Crippen molar-refractivity contribution in [3.05, 3.63) is 71.0 Å². The zero-order chi connectivity index (χ0) is 18.4. The topological polar surface area (TPSA) is 70.5 Å². The zero-order valence-corrected chi connectivity index (χ0v) is 15.1. The number of Topliss-reactive ketones (excluding diaryl/α,β-unsaturated/α-hetero) is 1. The van der Waals surface area contributed by atoms with Crippen LogP contribution in [0.25, 0.3) is 10.2 Å². The van der Waals surface area contributed by atoms with E-state index >= 15 is 0 Å². The van der Waals surface area contributed by atoms with E-state index in [0.717, 1.165) is 21.3 Å². The van der Waals surface area contributed by atoms with Gasteiger partial charge in [-0.3, -0.25) is 14.5 Å². The highest BCUT2D eigenvalue weighted by molar-refractivity contribution is 7.22. The van der Waals surface area contributed by atoms with Crippen LogP contribution in [0.3, 0.4) is 0 Å². The second kappa shape index (κ2) is 6.07. The molecule has 1 atom stereocenters. The van der Waals surface area contributed by atoms with Crippen LogP contribution in [-0.2, 0) is 9.59 Å². The van der Waals surface area contributed by atoms with Crippen LogP contribution in [-0.4, -0.2) is 21.8 Å². The first-order valence-corrected chi connectivity index (χ1v) is 8.99. The Labute approximate surface area is 154 Å². The van der Waals surface area contributed by atoms with Crippen LogP contribution in [0.4, 0.5) is 5.13 Å². The van der Waals surface area contributed by atoms with Gasteiger partial charge in [0.15, 0.2) is 16.7 Å². The lowest BCUT2D eigenvalue weighted by molar-refractivity contribution is -0.117. The number of benzene rings is 2. The zero-order valence-electron chi connectivity index (χ0n) is 14.3. The Morgan fingerprint density at radius 1 is 1.15 bits per heavy atom. The fraction of sp³-hybridized carbons (Fsp3) is 0.150. The first-order valence-electron chi connectivity index (χ1n) is 8.17. The third-order valence-corrected chi connectivity index (χ3v) is 5.50. The lowest BCUT2D eigenvalue weighted by atomic mass is 9.96. The van der Waals surface area contributed by atoms with E-state index in [9.17, 15) is 14.7 Å². The summed E-state index contributed by atoms with van der Waals surface area (Å²) < 4.78 is 0.939. The molecular weight excluding hydrogens is 348 g/mol. The largest absolute Gasteiger partial charge is 0.503 e. The molecule has 5 nitrogen and oxygen atoms in total. The molecule has 0 fully saturated rings. The summed E-state index contributed by atoms with van der Waals surface area (Å²) >= 11 is 1.36. The molecule has 2 heterocycles. The van der Waals surface area contributed by atoms with E-state index in [-0.39, 0.29) is 11.4 Å². The molecule has 0 unspecified atom stereocenters. The number of hydrogen-bond acceptors (Lipinski definition) is 5. The number of thiazole rings is 1. The Bertz CT molecular complexity index is 1030. The molecule has 0 saturated carbocycles. The number of anilines is 1. The SMILES string of the molecule is CC(=O)C1=C(O)C(=O)N(c2nc3ccccc3s2)[C@H]1c1ccc(C)cc1. The number of aliphatic hydroxyl groups excluding tert-OH is 1. The highest BCUT2D eigenvalue weighted by atomic mass is 32.1. The van der Waals surface area contributed by atoms with Gasteiger partial charge in [-0.15, -0.1) is 0 Å². The fourth-order valence-corrected chi connectivity index (χ4v) is 4.18. The van der Waals surface area contributed by atoms with Crippen molar-refractivity contribution in [1.82, 2.24) is 4.98 Å². The number of nitrogens with zero attached hydrogens (tertiary/aromatic N) is 2. The molecule has 0 spiro atoms. The van der Waals surface area contributed by atoms with Crippen molar-refractivity contribution < 1.29 is 14.7 Å². The van der Waals surface area contributed by atoms with Gasteiger partial charge in [0.25, 0.3) is 5.91 Å². The summed E-state index contributed by atoms with van der Waals surface area (Å²) in [5, 5.41) is 10.8. The van der Waals surface area contributed by atoms with E-state index in [0.29, 0.717) is 5.13 Å². The molecule has 0 saturated heterocycles. The first-order chi connectivity index (χ1) is 12.5. The Balaban J connectivity index is 1.90. The molecule has 0 aliphatic carbocycles. The molecule has 26 heavy (non-hydrogen) atoms. The monoisotopic (exact) mass is 364 g/mol. The number of aromatic nitrogens is 1. The number of hydrogen-bond donors (Lipinski definition) is 1. The van der Waals surface area contributed by atoms with Crippen molar-refractivity contribution in [2.75, 3.05) is 4.90 Å². The van der Waals surface area contributed by atoms with Crippen molar-refractivity contribution >= 4 is 38.4 Å². The van der Waals surface area contributed by atoms with E-state index < -0.39 is 17.7 Å². The van der Waals surface area contributed by atoms with Gasteiger partial charge in [0, 0.05) is 0 Å². The standard InChI is InChI=1S/C20H16N2O3S/c1-11-7-9-13(10-8-11)17-16(12(2)23)18(24)19(25)22(17)20-21-14-5-3-4-6-15(14)26-20/h3-10,17,24H,1-2H3/t17-/m0/s1. The maximum absolute atomic E-state index is 12.8. The minimum atomic E-state index is -0.679. The third-order valence-electron chi connectivity index (χ3n) is 4.47. The summed E-state index contributed by atoms with van der Waals surface area (Å²) in [6.07, 6.45) is 0. The number of carbonyl (C=O) groups excluding carboxylic acids is 2. The van der Waals surface area contributed by atoms with E-state index in [1.165, 1.54) is 23.2 Å². The van der Waals surface area contributed by atoms with Gasteiger partial charge in [0.05, 0.1) is 21.8 Å². The number of carbonyl (C=O) groups is 2. The average Bonchev–Trinajstić information content (AvgIpc) is 3.15. The molecule has 1 aliphatic rings. The van der Waals surface area contributed by atoms with Crippen molar-refractivity contribution in [1.29, 1.82) is 0 Å². The summed E-state index contributed by atoms with van der Waals surface area (Å²) in [4.78, 5) is 30.9. The molecule has 3 aromatic rings. The van der Waals surface area contributed by atoms with E-state index in [2.05, 4.69) is 4.98 Å². The van der Waals surface area contributed by atoms with Crippen LogP contribution >= 0.6 is 11.3 Å². The van der Waals surface area contributed by atoms with Gasteiger partial charge in [0.1, 0.15) is 0 Å². The van der Waals surface area contributed by atoms with Crippen LogP contribution < -0.4 is 4.90 Å². The molecule has 1 amide bonds. The molecule has 0 bridgehead atoms. The molecule has 1 aliphatic heterocycles. The molecule has 1 N–H and O–H groups in total. The average molecular weight is 364 g/mol. The Morgan fingerprint density at radius 2 is 1.85 bits per heavy atom. The van der Waals surface area contributed by atoms with Gasteiger partial charge in [-0.2, -0.15) is 0 Å². The summed E-state index contributed by atoms with van der Waals surface area (Å²) in [5.41, 5.74) is 2.72. The van der Waals surface area contributed by atoms with Gasteiger partial charge >= 0.3 is 0 Å². The van der Waals surface area contributed by atoms with Crippen molar-refractivity contribution in [3.8, 4) is 0 Å². The maximum atomic E-state index is 12.8. The van der Waals surface area contributed by atoms with E-state index in [4.69, 9.17) is 0 Å². The molecular formula is C20H16N2O3S. The Morgan fingerprint density at radius 3 is 2.50 bits per heavy atom. The molecule has 2 aromatic carbocycles. The minimum Gasteiger partial charge on any atom is -0.503 e. The van der Waals surface area contributed by atoms with Gasteiger partial charge in [-0.1, -0.05) is 53.3 Å². The number of fused-ring (bicyclic) bond motifs is 1. The van der Waals surface area contributed by atoms with Gasteiger partial charge < -0.3 is 5.11 Å². The van der Waals surface area contributed by atoms with E-state index in [1.807, 2.05) is 55.5 Å².